The van der Waals surface area contributed by atoms with E-state index in [0.717, 1.165) is 70.6 Å². The highest BCUT2D eigenvalue weighted by Gasteiger charge is 2.19. The standard InChI is InChI=1S/C70H130O6/c1-4-7-10-13-16-19-21-23-25-27-28-29-30-31-32-33-34-35-36-37-38-39-40-41-42-44-45-47-49-51-54-57-60-63-69(72)75-66-67(65-74-68(71)62-59-56-53-18-15-12-9-6-3)76-70(73)64-61-58-55-52-50-48-46-43-26-24-22-20-17-14-11-8-5-2/h21,23,27-28,30-31,67H,4-20,22,24-26,29,32-66H2,1-3H3/b23-21-,28-27-,31-30-. The molecule has 0 heterocycles. The normalized spacial score (nSPS) is 12.2. The van der Waals surface area contributed by atoms with E-state index in [1.807, 2.05) is 0 Å². The molecule has 0 rings (SSSR count). The minimum absolute atomic E-state index is 0.0653. The second kappa shape index (κ2) is 65.2. The Morgan fingerprint density at radius 2 is 0.474 bits per heavy atom. The van der Waals surface area contributed by atoms with Crippen molar-refractivity contribution in [1.29, 1.82) is 0 Å². The third kappa shape index (κ3) is 62.5. The summed E-state index contributed by atoms with van der Waals surface area (Å²) in [5.41, 5.74) is 0. The molecule has 6 nitrogen and oxygen atoms in total. The summed E-state index contributed by atoms with van der Waals surface area (Å²) in [6, 6.07) is 0. The molecule has 0 saturated carbocycles. The van der Waals surface area contributed by atoms with Crippen molar-refractivity contribution in [2.45, 2.75) is 380 Å². The van der Waals surface area contributed by atoms with Gasteiger partial charge in [-0.05, 0) is 57.8 Å². The Balaban J connectivity index is 4.00. The van der Waals surface area contributed by atoms with E-state index < -0.39 is 6.10 Å². The molecule has 0 spiro atoms. The van der Waals surface area contributed by atoms with E-state index >= 15 is 0 Å². The first-order chi connectivity index (χ1) is 37.5. The van der Waals surface area contributed by atoms with Crippen molar-refractivity contribution in [2.75, 3.05) is 13.2 Å². The van der Waals surface area contributed by atoms with Crippen molar-refractivity contribution in [2.24, 2.45) is 0 Å². The maximum Gasteiger partial charge on any atom is 0.306 e. The summed E-state index contributed by atoms with van der Waals surface area (Å²) in [6.45, 7) is 6.66. The average molecular weight is 1070 g/mol. The Labute approximate surface area is 474 Å². The summed E-state index contributed by atoms with van der Waals surface area (Å²) in [4.78, 5) is 38.1. The molecule has 1 unspecified atom stereocenters. The zero-order valence-electron chi connectivity index (χ0n) is 51.3. The molecule has 1 atom stereocenters. The molecule has 0 fully saturated rings. The van der Waals surface area contributed by atoms with Crippen LogP contribution in [0.4, 0.5) is 0 Å². The van der Waals surface area contributed by atoms with E-state index in [9.17, 15) is 14.4 Å². The van der Waals surface area contributed by atoms with Crippen molar-refractivity contribution in [3.63, 3.8) is 0 Å². The number of ether oxygens (including phenoxy) is 3. The molecular formula is C70H130O6. The molecular weight excluding hydrogens is 937 g/mol. The van der Waals surface area contributed by atoms with Crippen LogP contribution in [-0.4, -0.2) is 37.2 Å². The number of rotatable bonds is 63. The highest BCUT2D eigenvalue weighted by molar-refractivity contribution is 5.71. The minimum atomic E-state index is -0.765. The van der Waals surface area contributed by atoms with E-state index in [1.165, 1.54) is 263 Å². The van der Waals surface area contributed by atoms with E-state index in [2.05, 4.69) is 57.2 Å². The van der Waals surface area contributed by atoms with Gasteiger partial charge in [0, 0.05) is 19.3 Å². The van der Waals surface area contributed by atoms with Gasteiger partial charge in [-0.3, -0.25) is 14.4 Å². The monoisotopic (exact) mass is 1070 g/mol. The van der Waals surface area contributed by atoms with Gasteiger partial charge in [0.1, 0.15) is 13.2 Å². The number of allylic oxidation sites excluding steroid dienone is 6. The smallest absolute Gasteiger partial charge is 0.306 e. The summed E-state index contributed by atoms with van der Waals surface area (Å²) in [5, 5.41) is 0. The highest BCUT2D eigenvalue weighted by Crippen LogP contribution is 2.18. The number of hydrogen-bond donors (Lipinski definition) is 0. The maximum absolute atomic E-state index is 12.9. The van der Waals surface area contributed by atoms with Gasteiger partial charge < -0.3 is 14.2 Å². The maximum atomic E-state index is 12.9. The summed E-state index contributed by atoms with van der Waals surface area (Å²) < 4.78 is 16.9. The van der Waals surface area contributed by atoms with Crippen LogP contribution in [-0.2, 0) is 28.6 Å². The Bertz CT molecular complexity index is 1270. The third-order valence-corrected chi connectivity index (χ3v) is 15.4. The second-order valence-corrected chi connectivity index (χ2v) is 23.1. The average Bonchev–Trinajstić information content (AvgIpc) is 3.42. The summed E-state index contributed by atoms with van der Waals surface area (Å²) in [6.07, 6.45) is 80.5. The van der Waals surface area contributed by atoms with Gasteiger partial charge >= 0.3 is 17.9 Å². The first-order valence-electron chi connectivity index (χ1n) is 34.0. The predicted octanol–water partition coefficient (Wildman–Crippen LogP) is 23.2. The lowest BCUT2D eigenvalue weighted by Crippen LogP contribution is -2.30. The van der Waals surface area contributed by atoms with Crippen LogP contribution in [0.3, 0.4) is 0 Å². The number of carbonyl (C=O) groups excluding carboxylic acids is 3. The Hall–Kier alpha value is -2.37. The molecule has 0 radical (unpaired) electrons. The highest BCUT2D eigenvalue weighted by atomic mass is 16.6. The Kier molecular flexibility index (Phi) is 63.1. The first kappa shape index (κ1) is 73.6. The number of carbonyl (C=O) groups is 3. The molecule has 0 amide bonds. The van der Waals surface area contributed by atoms with Crippen molar-refractivity contribution < 1.29 is 28.6 Å². The molecule has 0 aliphatic rings. The second-order valence-electron chi connectivity index (χ2n) is 23.1. The zero-order valence-corrected chi connectivity index (χ0v) is 51.3. The molecule has 0 aliphatic heterocycles. The van der Waals surface area contributed by atoms with Crippen LogP contribution in [0.15, 0.2) is 36.5 Å². The molecule has 0 aromatic rings. The zero-order chi connectivity index (χ0) is 55.0. The van der Waals surface area contributed by atoms with Crippen LogP contribution in [0.25, 0.3) is 0 Å². The fraction of sp³-hybridized carbons (Fsp3) is 0.871. The van der Waals surface area contributed by atoms with Gasteiger partial charge in [-0.25, -0.2) is 0 Å². The van der Waals surface area contributed by atoms with Crippen LogP contribution in [0.2, 0.25) is 0 Å². The molecule has 0 aliphatic carbocycles. The van der Waals surface area contributed by atoms with E-state index in [1.54, 1.807) is 0 Å². The van der Waals surface area contributed by atoms with Gasteiger partial charge in [0.2, 0.25) is 0 Å². The lowest BCUT2D eigenvalue weighted by atomic mass is 10.0. The van der Waals surface area contributed by atoms with Crippen molar-refractivity contribution in [3.05, 3.63) is 36.5 Å². The van der Waals surface area contributed by atoms with Crippen LogP contribution in [0.1, 0.15) is 374 Å². The van der Waals surface area contributed by atoms with Crippen molar-refractivity contribution >= 4 is 17.9 Å². The fourth-order valence-corrected chi connectivity index (χ4v) is 10.3. The molecule has 6 heteroatoms. The summed E-state index contributed by atoms with van der Waals surface area (Å²) in [7, 11) is 0. The van der Waals surface area contributed by atoms with E-state index in [4.69, 9.17) is 14.2 Å². The summed E-state index contributed by atoms with van der Waals surface area (Å²) >= 11 is 0. The topological polar surface area (TPSA) is 78.9 Å². The minimum Gasteiger partial charge on any atom is -0.462 e. The number of hydrogen-bond acceptors (Lipinski definition) is 6. The van der Waals surface area contributed by atoms with Gasteiger partial charge in [-0.2, -0.15) is 0 Å². The molecule has 0 saturated heterocycles. The van der Waals surface area contributed by atoms with E-state index in [-0.39, 0.29) is 31.1 Å². The molecule has 76 heavy (non-hydrogen) atoms. The largest absolute Gasteiger partial charge is 0.462 e. The van der Waals surface area contributed by atoms with Gasteiger partial charge in [0.15, 0.2) is 6.10 Å². The third-order valence-electron chi connectivity index (χ3n) is 15.4. The molecule has 0 aromatic heterocycles. The van der Waals surface area contributed by atoms with Gasteiger partial charge in [0.05, 0.1) is 0 Å². The first-order valence-corrected chi connectivity index (χ1v) is 34.0. The van der Waals surface area contributed by atoms with Crippen molar-refractivity contribution in [1.82, 2.24) is 0 Å². The molecule has 0 bridgehead atoms. The van der Waals surface area contributed by atoms with Gasteiger partial charge in [-0.15, -0.1) is 0 Å². The lowest BCUT2D eigenvalue weighted by Gasteiger charge is -2.18. The SMILES string of the molecule is CCCCCCC/C=C\C/C=C\C/C=C\CCCCCCCCCCCCCCCCCCCCC(=O)OCC(COC(=O)CCCCCCCCCC)OC(=O)CCCCCCCCCCCCCCCCCCC. The molecule has 0 aromatic carbocycles. The predicted molar refractivity (Wildman–Crippen MR) is 330 cm³/mol. The van der Waals surface area contributed by atoms with Crippen LogP contribution >= 0.6 is 0 Å². The van der Waals surface area contributed by atoms with Crippen LogP contribution in [0.5, 0.6) is 0 Å². The lowest BCUT2D eigenvalue weighted by molar-refractivity contribution is -0.167. The van der Waals surface area contributed by atoms with E-state index in [0.29, 0.717) is 19.3 Å². The fourth-order valence-electron chi connectivity index (χ4n) is 10.3. The van der Waals surface area contributed by atoms with Crippen LogP contribution < -0.4 is 0 Å². The van der Waals surface area contributed by atoms with Gasteiger partial charge in [0.25, 0.3) is 0 Å². The van der Waals surface area contributed by atoms with Crippen LogP contribution in [0, 0.1) is 0 Å². The molecule has 0 N–H and O–H groups in total. The summed E-state index contributed by atoms with van der Waals surface area (Å²) in [5.74, 6) is -0.844. The Morgan fingerprint density at radius 1 is 0.263 bits per heavy atom. The van der Waals surface area contributed by atoms with Gasteiger partial charge in [-0.1, -0.05) is 333 Å². The Morgan fingerprint density at radius 3 is 0.737 bits per heavy atom. The number of unbranched alkanes of at least 4 members (excludes halogenated alkanes) is 46. The molecule has 446 valence electrons. The van der Waals surface area contributed by atoms with Crippen molar-refractivity contribution in [3.8, 4) is 0 Å². The quantitative estimate of drug-likeness (QED) is 0.0261. The number of esters is 3.